The first-order valence-electron chi connectivity index (χ1n) is 4.93. The molecule has 0 saturated heterocycles. The highest BCUT2D eigenvalue weighted by Gasteiger charge is 2.12. The van der Waals surface area contributed by atoms with Gasteiger partial charge in [-0.25, -0.2) is 4.98 Å². The second-order valence-corrected chi connectivity index (χ2v) is 4.69. The summed E-state index contributed by atoms with van der Waals surface area (Å²) < 4.78 is 1.00. The van der Waals surface area contributed by atoms with Crippen LogP contribution in [0.4, 0.5) is 0 Å². The van der Waals surface area contributed by atoms with Gasteiger partial charge in [0.05, 0.1) is 16.3 Å². The van der Waals surface area contributed by atoms with Crippen molar-refractivity contribution >= 4 is 27.5 Å². The minimum absolute atomic E-state index is 0.0744. The Labute approximate surface area is 96.9 Å². The van der Waals surface area contributed by atoms with Gasteiger partial charge in [0.2, 0.25) is 5.91 Å². The van der Waals surface area contributed by atoms with Gasteiger partial charge in [0.15, 0.2) is 0 Å². The highest BCUT2D eigenvalue weighted by atomic mass is 32.1. The maximum Gasteiger partial charge on any atom is 0.217 e. The first-order chi connectivity index (χ1) is 7.56. The van der Waals surface area contributed by atoms with E-state index in [0.717, 1.165) is 15.2 Å². The molecule has 0 aliphatic heterocycles. The third-order valence-corrected chi connectivity index (χ3v) is 3.40. The van der Waals surface area contributed by atoms with Crippen LogP contribution in [0.15, 0.2) is 18.2 Å². The van der Waals surface area contributed by atoms with Gasteiger partial charge in [-0.05, 0) is 19.1 Å². The lowest BCUT2D eigenvalue weighted by molar-refractivity contribution is -0.119. The number of hydrogen-bond donors (Lipinski definition) is 2. The van der Waals surface area contributed by atoms with Crippen LogP contribution in [0.2, 0.25) is 0 Å². The van der Waals surface area contributed by atoms with Crippen molar-refractivity contribution in [2.45, 2.75) is 19.9 Å². The summed E-state index contributed by atoms with van der Waals surface area (Å²) in [6, 6.07) is 4.98. The molecule has 0 radical (unpaired) electrons. The summed E-state index contributed by atoms with van der Waals surface area (Å²) in [4.78, 5) is 15.3. The number of hydrogen-bond acceptors (Lipinski definition) is 4. The van der Waals surface area contributed by atoms with E-state index in [9.17, 15) is 9.90 Å². The number of phenolic OH excluding ortho intramolecular Hbond substituents is 1. The smallest absolute Gasteiger partial charge is 0.217 e. The quantitative estimate of drug-likeness (QED) is 0.840. The number of nitrogens with zero attached hydrogens (tertiary/aromatic N) is 1. The first kappa shape index (κ1) is 10.9. The monoisotopic (exact) mass is 236 g/mol. The fraction of sp³-hybridized carbons (Fsp3) is 0.273. The van der Waals surface area contributed by atoms with Crippen molar-refractivity contribution < 1.29 is 9.90 Å². The van der Waals surface area contributed by atoms with Gasteiger partial charge in [0, 0.05) is 13.0 Å². The van der Waals surface area contributed by atoms with Crippen molar-refractivity contribution in [3.05, 3.63) is 23.2 Å². The third kappa shape index (κ3) is 2.14. The fourth-order valence-corrected chi connectivity index (χ4v) is 2.44. The molecule has 2 rings (SSSR count). The molecule has 4 nitrogen and oxygen atoms in total. The molecular formula is C11H12N2O2S. The summed E-state index contributed by atoms with van der Waals surface area (Å²) in [7, 11) is 0. The van der Waals surface area contributed by atoms with E-state index in [2.05, 4.69) is 10.3 Å². The van der Waals surface area contributed by atoms with Gasteiger partial charge in [0.25, 0.3) is 0 Å². The summed E-state index contributed by atoms with van der Waals surface area (Å²) in [5, 5.41) is 12.9. The topological polar surface area (TPSA) is 62.2 Å². The van der Waals surface area contributed by atoms with Crippen molar-refractivity contribution in [3.8, 4) is 5.75 Å². The van der Waals surface area contributed by atoms with Gasteiger partial charge in [-0.2, -0.15) is 0 Å². The maximum atomic E-state index is 10.9. The number of rotatable bonds is 2. The van der Waals surface area contributed by atoms with Crippen LogP contribution in [0.5, 0.6) is 5.75 Å². The van der Waals surface area contributed by atoms with Crippen LogP contribution in [0.25, 0.3) is 10.2 Å². The van der Waals surface area contributed by atoms with Crippen LogP contribution in [-0.2, 0) is 4.79 Å². The highest BCUT2D eigenvalue weighted by Crippen LogP contribution is 2.28. The SMILES string of the molecule is CC(=O)NC(C)c1nc2cc(O)ccc2s1. The second-order valence-electron chi connectivity index (χ2n) is 3.63. The molecule has 1 amide bonds. The van der Waals surface area contributed by atoms with E-state index in [1.54, 1.807) is 12.1 Å². The Bertz CT molecular complexity index is 536. The molecule has 0 spiro atoms. The standard InChI is InChI=1S/C11H12N2O2S/c1-6(12-7(2)14)11-13-9-5-8(15)3-4-10(9)16-11/h3-6,15H,1-2H3,(H,12,14). The number of nitrogens with one attached hydrogen (secondary N) is 1. The van der Waals surface area contributed by atoms with Crippen molar-refractivity contribution in [2.24, 2.45) is 0 Å². The maximum absolute atomic E-state index is 10.9. The first-order valence-corrected chi connectivity index (χ1v) is 5.74. The Balaban J connectivity index is 2.35. The van der Waals surface area contributed by atoms with Crippen LogP contribution in [0, 0.1) is 0 Å². The van der Waals surface area contributed by atoms with E-state index in [1.807, 2.05) is 13.0 Å². The normalized spacial score (nSPS) is 12.6. The number of phenols is 1. The Morgan fingerprint density at radius 1 is 1.56 bits per heavy atom. The third-order valence-electron chi connectivity index (χ3n) is 2.18. The number of aromatic nitrogens is 1. The Kier molecular flexibility index (Phi) is 2.78. The Morgan fingerprint density at radius 2 is 2.31 bits per heavy atom. The molecule has 0 bridgehead atoms. The fourth-order valence-electron chi connectivity index (χ4n) is 1.49. The average molecular weight is 236 g/mol. The number of fused-ring (bicyclic) bond motifs is 1. The number of thiazole rings is 1. The minimum atomic E-state index is -0.1000. The van der Waals surface area contributed by atoms with E-state index < -0.39 is 0 Å². The molecule has 1 aromatic heterocycles. The molecule has 1 heterocycles. The minimum Gasteiger partial charge on any atom is -0.508 e. The summed E-state index contributed by atoms with van der Waals surface area (Å²) in [6.45, 7) is 3.37. The summed E-state index contributed by atoms with van der Waals surface area (Å²) >= 11 is 1.52. The summed E-state index contributed by atoms with van der Waals surface area (Å²) in [5.41, 5.74) is 0.761. The van der Waals surface area contributed by atoms with E-state index >= 15 is 0 Å². The molecule has 0 aliphatic carbocycles. The molecule has 1 atom stereocenters. The number of carbonyl (C=O) groups is 1. The molecule has 16 heavy (non-hydrogen) atoms. The zero-order valence-corrected chi connectivity index (χ0v) is 9.84. The van der Waals surface area contributed by atoms with Gasteiger partial charge in [-0.15, -0.1) is 11.3 Å². The summed E-state index contributed by atoms with van der Waals surface area (Å²) in [5.74, 6) is 0.131. The molecular weight excluding hydrogens is 224 g/mol. The van der Waals surface area contributed by atoms with Gasteiger partial charge < -0.3 is 10.4 Å². The van der Waals surface area contributed by atoms with E-state index in [0.29, 0.717) is 0 Å². The van der Waals surface area contributed by atoms with Crippen LogP contribution < -0.4 is 5.32 Å². The molecule has 2 aromatic rings. The lowest BCUT2D eigenvalue weighted by atomic mass is 10.3. The number of benzene rings is 1. The lowest BCUT2D eigenvalue weighted by Gasteiger charge is -2.07. The predicted molar refractivity (Wildman–Crippen MR) is 63.5 cm³/mol. The van der Waals surface area contributed by atoms with E-state index in [1.165, 1.54) is 18.3 Å². The molecule has 5 heteroatoms. The van der Waals surface area contributed by atoms with Crippen LogP contribution >= 0.6 is 11.3 Å². The van der Waals surface area contributed by atoms with Gasteiger partial charge in [0.1, 0.15) is 10.8 Å². The molecule has 0 fully saturated rings. The van der Waals surface area contributed by atoms with Crippen molar-refractivity contribution in [2.75, 3.05) is 0 Å². The van der Waals surface area contributed by atoms with E-state index in [4.69, 9.17) is 0 Å². The van der Waals surface area contributed by atoms with Crippen molar-refractivity contribution in [3.63, 3.8) is 0 Å². The zero-order chi connectivity index (χ0) is 11.7. The van der Waals surface area contributed by atoms with Crippen molar-refractivity contribution in [1.82, 2.24) is 10.3 Å². The Hall–Kier alpha value is -1.62. The molecule has 0 saturated carbocycles. The molecule has 1 unspecified atom stereocenters. The zero-order valence-electron chi connectivity index (χ0n) is 9.02. The second kappa shape index (κ2) is 4.09. The van der Waals surface area contributed by atoms with E-state index in [-0.39, 0.29) is 17.7 Å². The average Bonchev–Trinajstić information content (AvgIpc) is 2.59. The number of carbonyl (C=O) groups excluding carboxylic acids is 1. The molecule has 2 N–H and O–H groups in total. The van der Waals surface area contributed by atoms with Gasteiger partial charge >= 0.3 is 0 Å². The molecule has 84 valence electrons. The number of aromatic hydroxyl groups is 1. The molecule has 0 aliphatic rings. The van der Waals surface area contributed by atoms with Crippen LogP contribution in [0.1, 0.15) is 24.9 Å². The van der Waals surface area contributed by atoms with Crippen LogP contribution in [-0.4, -0.2) is 16.0 Å². The Morgan fingerprint density at radius 3 is 3.00 bits per heavy atom. The van der Waals surface area contributed by atoms with Gasteiger partial charge in [-0.1, -0.05) is 0 Å². The van der Waals surface area contributed by atoms with Gasteiger partial charge in [-0.3, -0.25) is 4.79 Å². The van der Waals surface area contributed by atoms with Crippen molar-refractivity contribution in [1.29, 1.82) is 0 Å². The predicted octanol–water partition coefficient (Wildman–Crippen LogP) is 2.20. The number of amides is 1. The highest BCUT2D eigenvalue weighted by molar-refractivity contribution is 7.18. The largest absolute Gasteiger partial charge is 0.508 e. The van der Waals surface area contributed by atoms with Crippen LogP contribution in [0.3, 0.4) is 0 Å². The lowest BCUT2D eigenvalue weighted by Crippen LogP contribution is -2.23. The summed E-state index contributed by atoms with van der Waals surface area (Å²) in [6.07, 6.45) is 0. The molecule has 1 aromatic carbocycles.